The molecule has 1 aliphatic heterocycles. The highest BCUT2D eigenvalue weighted by Crippen LogP contribution is 2.33. The van der Waals surface area contributed by atoms with Crippen LogP contribution in [0, 0.1) is 12.8 Å². The summed E-state index contributed by atoms with van der Waals surface area (Å²) in [6.07, 6.45) is 1.66. The van der Waals surface area contributed by atoms with Gasteiger partial charge in [-0.25, -0.2) is 8.42 Å². The third-order valence-electron chi connectivity index (χ3n) is 5.99. The Bertz CT molecular complexity index is 1290. The molecule has 0 aliphatic carbocycles. The largest absolute Gasteiger partial charge is 0.455 e. The van der Waals surface area contributed by atoms with E-state index in [1.165, 1.54) is 10.4 Å². The van der Waals surface area contributed by atoms with Gasteiger partial charge in [0.15, 0.2) is 5.75 Å². The SMILES string of the molecule is Cc1ccc(S(=O)(=O)N2CCC(C)CC2)cc1C(=O)Nc1cc(Cl)ccc1Oc1ccccc1. The highest BCUT2D eigenvalue weighted by atomic mass is 35.5. The lowest BCUT2D eigenvalue weighted by atomic mass is 10.0. The van der Waals surface area contributed by atoms with Crippen LogP contribution in [0.4, 0.5) is 5.69 Å². The number of nitrogens with one attached hydrogen (secondary N) is 1. The molecule has 0 atom stereocenters. The van der Waals surface area contributed by atoms with Crippen LogP contribution in [0.15, 0.2) is 71.6 Å². The van der Waals surface area contributed by atoms with E-state index in [9.17, 15) is 13.2 Å². The molecule has 6 nitrogen and oxygen atoms in total. The van der Waals surface area contributed by atoms with Crippen molar-refractivity contribution in [3.05, 3.63) is 82.9 Å². The zero-order valence-corrected chi connectivity index (χ0v) is 20.7. The molecule has 0 saturated carbocycles. The number of carbonyl (C=O) groups is 1. The molecule has 1 fully saturated rings. The van der Waals surface area contributed by atoms with Gasteiger partial charge in [0.1, 0.15) is 5.75 Å². The highest BCUT2D eigenvalue weighted by Gasteiger charge is 2.29. The monoisotopic (exact) mass is 498 g/mol. The molecule has 4 rings (SSSR count). The minimum absolute atomic E-state index is 0.115. The Morgan fingerprint density at radius 1 is 1.03 bits per heavy atom. The fourth-order valence-electron chi connectivity index (χ4n) is 3.87. The smallest absolute Gasteiger partial charge is 0.256 e. The number of rotatable bonds is 6. The Hall–Kier alpha value is -2.87. The predicted molar refractivity (Wildman–Crippen MR) is 134 cm³/mol. The van der Waals surface area contributed by atoms with Gasteiger partial charge in [-0.15, -0.1) is 0 Å². The fraction of sp³-hybridized carbons (Fsp3) is 0.269. The Labute approximate surface area is 205 Å². The zero-order chi connectivity index (χ0) is 24.3. The zero-order valence-electron chi connectivity index (χ0n) is 19.1. The molecule has 1 amide bonds. The molecule has 8 heteroatoms. The number of hydrogen-bond donors (Lipinski definition) is 1. The maximum atomic E-state index is 13.2. The maximum Gasteiger partial charge on any atom is 0.256 e. The number of sulfonamides is 1. The molecule has 0 spiro atoms. The average molecular weight is 499 g/mol. The first-order valence-electron chi connectivity index (χ1n) is 11.2. The van der Waals surface area contributed by atoms with Gasteiger partial charge in [0.25, 0.3) is 5.91 Å². The van der Waals surface area contributed by atoms with Gasteiger partial charge < -0.3 is 10.1 Å². The molecule has 1 saturated heterocycles. The van der Waals surface area contributed by atoms with Crippen LogP contribution in [0.25, 0.3) is 0 Å². The summed E-state index contributed by atoms with van der Waals surface area (Å²) in [5.41, 5.74) is 1.33. The maximum absolute atomic E-state index is 13.2. The molecule has 3 aromatic rings. The summed E-state index contributed by atoms with van der Waals surface area (Å²) >= 11 is 6.17. The highest BCUT2D eigenvalue weighted by molar-refractivity contribution is 7.89. The third kappa shape index (κ3) is 5.43. The van der Waals surface area contributed by atoms with E-state index in [1.807, 2.05) is 18.2 Å². The van der Waals surface area contributed by atoms with Crippen molar-refractivity contribution in [3.8, 4) is 11.5 Å². The Morgan fingerprint density at radius 2 is 1.74 bits per heavy atom. The van der Waals surface area contributed by atoms with Crippen LogP contribution >= 0.6 is 11.6 Å². The lowest BCUT2D eigenvalue weighted by Crippen LogP contribution is -2.38. The summed E-state index contributed by atoms with van der Waals surface area (Å²) in [5.74, 6) is 1.10. The van der Waals surface area contributed by atoms with Crippen LogP contribution in [-0.2, 0) is 10.0 Å². The van der Waals surface area contributed by atoms with Crippen molar-refractivity contribution < 1.29 is 17.9 Å². The van der Waals surface area contributed by atoms with Crippen LogP contribution < -0.4 is 10.1 Å². The van der Waals surface area contributed by atoms with E-state index < -0.39 is 15.9 Å². The Kier molecular flexibility index (Phi) is 7.26. The minimum atomic E-state index is -3.68. The van der Waals surface area contributed by atoms with Gasteiger partial charge in [0, 0.05) is 23.7 Å². The van der Waals surface area contributed by atoms with Gasteiger partial charge in [-0.2, -0.15) is 4.31 Å². The van der Waals surface area contributed by atoms with E-state index in [4.69, 9.17) is 16.3 Å². The van der Waals surface area contributed by atoms with Crippen LogP contribution in [0.5, 0.6) is 11.5 Å². The number of ether oxygens (including phenoxy) is 1. The number of nitrogens with zero attached hydrogens (tertiary/aromatic N) is 1. The molecule has 0 bridgehead atoms. The number of amides is 1. The number of halogens is 1. The first kappa shape index (κ1) is 24.3. The van der Waals surface area contributed by atoms with Gasteiger partial charge in [-0.1, -0.05) is 42.8 Å². The first-order valence-corrected chi connectivity index (χ1v) is 13.0. The normalized spacial score (nSPS) is 15.1. The summed E-state index contributed by atoms with van der Waals surface area (Å²) < 4.78 is 33.8. The minimum Gasteiger partial charge on any atom is -0.455 e. The third-order valence-corrected chi connectivity index (χ3v) is 8.12. The molecule has 3 aromatic carbocycles. The van der Waals surface area contributed by atoms with Crippen molar-refractivity contribution in [3.63, 3.8) is 0 Å². The van der Waals surface area contributed by atoms with E-state index in [0.29, 0.717) is 46.8 Å². The molecule has 1 aliphatic rings. The lowest BCUT2D eigenvalue weighted by molar-refractivity contribution is 0.102. The van der Waals surface area contributed by atoms with Crippen LogP contribution in [0.3, 0.4) is 0 Å². The number of carbonyl (C=O) groups excluding carboxylic acids is 1. The number of piperidine rings is 1. The second-order valence-electron chi connectivity index (χ2n) is 8.57. The molecule has 0 unspecified atom stereocenters. The predicted octanol–water partition coefficient (Wildman–Crippen LogP) is 6.11. The quantitative estimate of drug-likeness (QED) is 0.444. The summed E-state index contributed by atoms with van der Waals surface area (Å²) in [6, 6.07) is 18.8. The number of anilines is 1. The van der Waals surface area contributed by atoms with Crippen molar-refractivity contribution in [1.82, 2.24) is 4.31 Å². The number of benzene rings is 3. The van der Waals surface area contributed by atoms with Crippen LogP contribution in [-0.4, -0.2) is 31.7 Å². The summed E-state index contributed by atoms with van der Waals surface area (Å²) in [5, 5.41) is 3.27. The molecular formula is C26H27ClN2O4S. The van der Waals surface area contributed by atoms with Crippen molar-refractivity contribution in [1.29, 1.82) is 0 Å². The topological polar surface area (TPSA) is 75.7 Å². The fourth-order valence-corrected chi connectivity index (χ4v) is 5.54. The second kappa shape index (κ2) is 10.2. The van der Waals surface area contributed by atoms with Gasteiger partial charge in [-0.05, 0) is 73.7 Å². The van der Waals surface area contributed by atoms with E-state index in [0.717, 1.165) is 12.8 Å². The molecule has 1 N–H and O–H groups in total. The average Bonchev–Trinajstić information content (AvgIpc) is 2.82. The van der Waals surface area contributed by atoms with Crippen molar-refractivity contribution >= 4 is 33.2 Å². The number of aryl methyl sites for hydroxylation is 1. The lowest BCUT2D eigenvalue weighted by Gasteiger charge is -2.29. The molecular weight excluding hydrogens is 472 g/mol. The van der Waals surface area contributed by atoms with Crippen molar-refractivity contribution in [2.75, 3.05) is 18.4 Å². The molecule has 34 heavy (non-hydrogen) atoms. The van der Waals surface area contributed by atoms with E-state index in [1.54, 1.807) is 49.4 Å². The van der Waals surface area contributed by atoms with Gasteiger partial charge in [-0.3, -0.25) is 4.79 Å². The van der Waals surface area contributed by atoms with Gasteiger partial charge in [0.05, 0.1) is 10.6 Å². The summed E-state index contributed by atoms with van der Waals surface area (Å²) in [7, 11) is -3.68. The number of hydrogen-bond acceptors (Lipinski definition) is 4. The van der Waals surface area contributed by atoms with E-state index in [-0.39, 0.29) is 10.5 Å². The van der Waals surface area contributed by atoms with Gasteiger partial charge in [0.2, 0.25) is 10.0 Å². The molecule has 0 radical (unpaired) electrons. The number of para-hydroxylation sites is 1. The molecule has 0 aromatic heterocycles. The van der Waals surface area contributed by atoms with E-state index in [2.05, 4.69) is 12.2 Å². The molecule has 178 valence electrons. The standard InChI is InChI=1S/C26H27ClN2O4S/c1-18-12-14-29(15-13-18)34(31,32)22-10-8-19(2)23(17-22)26(30)28-24-16-20(27)9-11-25(24)33-21-6-4-3-5-7-21/h3-11,16-18H,12-15H2,1-2H3,(H,28,30). The van der Waals surface area contributed by atoms with Crippen LogP contribution in [0.1, 0.15) is 35.7 Å². The second-order valence-corrected chi connectivity index (χ2v) is 10.9. The molecule has 1 heterocycles. The summed E-state index contributed by atoms with van der Waals surface area (Å²) in [4.78, 5) is 13.3. The summed E-state index contributed by atoms with van der Waals surface area (Å²) in [6.45, 7) is 4.88. The van der Waals surface area contributed by atoms with Crippen molar-refractivity contribution in [2.45, 2.75) is 31.6 Å². The Balaban J connectivity index is 1.60. The first-order chi connectivity index (χ1) is 16.2. The van der Waals surface area contributed by atoms with Crippen molar-refractivity contribution in [2.24, 2.45) is 5.92 Å². The van der Waals surface area contributed by atoms with Crippen LogP contribution in [0.2, 0.25) is 5.02 Å². The van der Waals surface area contributed by atoms with E-state index >= 15 is 0 Å². The Morgan fingerprint density at radius 3 is 2.44 bits per heavy atom. The van der Waals surface area contributed by atoms with Gasteiger partial charge >= 0.3 is 0 Å².